The van der Waals surface area contributed by atoms with Gasteiger partial charge in [0.1, 0.15) is 16.6 Å². The first-order valence-electron chi connectivity index (χ1n) is 6.28. The van der Waals surface area contributed by atoms with E-state index in [1.54, 1.807) is 42.3 Å². The quantitative estimate of drug-likeness (QED) is 0.507. The first kappa shape index (κ1) is 15.1. The van der Waals surface area contributed by atoms with Crippen LogP contribution in [-0.4, -0.2) is 37.1 Å². The largest absolute Gasteiger partial charge is 0.497 e. The van der Waals surface area contributed by atoms with Crippen molar-refractivity contribution in [3.8, 4) is 5.75 Å². The third-order valence-electron chi connectivity index (χ3n) is 3.24. The molecule has 21 heavy (non-hydrogen) atoms. The molecule has 0 unspecified atom stereocenters. The van der Waals surface area contributed by atoms with Gasteiger partial charge in [0, 0.05) is 36.5 Å². The van der Waals surface area contributed by atoms with E-state index in [0.717, 1.165) is 0 Å². The molecule has 0 spiro atoms. The van der Waals surface area contributed by atoms with Crippen molar-refractivity contribution in [3.63, 3.8) is 0 Å². The van der Waals surface area contributed by atoms with Crippen molar-refractivity contribution in [3.05, 3.63) is 46.6 Å². The second-order valence-electron chi connectivity index (χ2n) is 4.69. The number of halogens is 1. The van der Waals surface area contributed by atoms with Gasteiger partial charge in [0.15, 0.2) is 0 Å². The highest BCUT2D eigenvalue weighted by molar-refractivity contribution is 6.51. The van der Waals surface area contributed by atoms with Gasteiger partial charge in [-0.15, -0.1) is 0 Å². The summed E-state index contributed by atoms with van der Waals surface area (Å²) in [5.41, 5.74) is 6.98. The number of likely N-dealkylation sites (N-methyl/N-ethyl adjacent to an activating group) is 1. The number of ketones is 1. The zero-order valence-corrected chi connectivity index (χ0v) is 12.6. The molecule has 0 atom stereocenters. The van der Waals surface area contributed by atoms with Crippen LogP contribution in [0.3, 0.4) is 0 Å². The Kier molecular flexibility index (Phi) is 4.33. The predicted octanol–water partition coefficient (Wildman–Crippen LogP) is 2.17. The summed E-state index contributed by atoms with van der Waals surface area (Å²) in [5, 5.41) is 8.63. The van der Waals surface area contributed by atoms with E-state index < -0.39 is 0 Å². The van der Waals surface area contributed by atoms with Gasteiger partial charge in [-0.05, 0) is 18.2 Å². The monoisotopic (exact) mass is 305 g/mol. The van der Waals surface area contributed by atoms with Gasteiger partial charge in [-0.25, -0.2) is 0 Å². The summed E-state index contributed by atoms with van der Waals surface area (Å²) >= 11 is 5.94. The van der Waals surface area contributed by atoms with Crippen LogP contribution in [0, 0.1) is 5.41 Å². The number of nitrogens with two attached hydrogens (primary N) is 1. The average molecular weight is 306 g/mol. The Balaban J connectivity index is 2.26. The van der Waals surface area contributed by atoms with Gasteiger partial charge in [0.2, 0.25) is 5.78 Å². The Morgan fingerprint density at radius 2 is 2.14 bits per heavy atom. The van der Waals surface area contributed by atoms with Gasteiger partial charge in [0.05, 0.1) is 7.11 Å². The van der Waals surface area contributed by atoms with E-state index in [9.17, 15) is 4.79 Å². The highest BCUT2D eigenvalue weighted by Crippen LogP contribution is 2.22. The third-order valence-corrected chi connectivity index (χ3v) is 3.66. The van der Waals surface area contributed by atoms with Gasteiger partial charge in [0.25, 0.3) is 0 Å². The van der Waals surface area contributed by atoms with Gasteiger partial charge in [-0.1, -0.05) is 17.7 Å². The highest BCUT2D eigenvalue weighted by atomic mass is 35.5. The van der Waals surface area contributed by atoms with E-state index in [0.29, 0.717) is 34.3 Å². The van der Waals surface area contributed by atoms with E-state index in [2.05, 4.69) is 0 Å². The number of methoxy groups -OCH3 is 1. The molecule has 2 rings (SSSR count). The number of hydrogen-bond acceptors (Lipinski definition) is 5. The zero-order chi connectivity index (χ0) is 15.6. The van der Waals surface area contributed by atoms with Gasteiger partial charge in [-0.3, -0.25) is 10.2 Å². The van der Waals surface area contributed by atoms with Crippen molar-refractivity contribution >= 4 is 28.8 Å². The molecule has 0 saturated carbocycles. The second-order valence-corrected chi connectivity index (χ2v) is 5.08. The van der Waals surface area contributed by atoms with E-state index in [1.165, 1.54) is 7.11 Å². The van der Waals surface area contributed by atoms with Crippen LogP contribution < -0.4 is 10.5 Å². The summed E-state index contributed by atoms with van der Waals surface area (Å²) in [6.07, 6.45) is 3.28. The fourth-order valence-corrected chi connectivity index (χ4v) is 2.13. The topological polar surface area (TPSA) is 79.4 Å². The van der Waals surface area contributed by atoms with Crippen LogP contribution in [0.5, 0.6) is 5.75 Å². The molecule has 0 aromatic heterocycles. The number of nitrogens with one attached hydrogen (secondary N) is 1. The number of rotatable bonds is 4. The molecule has 1 aromatic carbocycles. The van der Waals surface area contributed by atoms with E-state index in [4.69, 9.17) is 27.5 Å². The SMILES string of the molecule is COc1ccc(C(=N)C(=O)C2=CC=C(Cl)N(C)C2)c(N)c1. The number of ether oxygens (including phenoxy) is 1. The number of allylic oxidation sites excluding steroid dienone is 2. The molecule has 3 N–H and O–H groups in total. The predicted molar refractivity (Wildman–Crippen MR) is 83.9 cm³/mol. The first-order chi connectivity index (χ1) is 9.93. The molecule has 6 heteroatoms. The summed E-state index contributed by atoms with van der Waals surface area (Å²) in [4.78, 5) is 14.1. The maximum atomic E-state index is 12.4. The molecule has 1 aliphatic rings. The highest BCUT2D eigenvalue weighted by Gasteiger charge is 2.22. The number of carbonyl (C=O) groups excluding carboxylic acids is 1. The Hall–Kier alpha value is -2.27. The molecule has 110 valence electrons. The summed E-state index contributed by atoms with van der Waals surface area (Å²) in [6.45, 7) is 0.368. The molecule has 0 saturated heterocycles. The lowest BCUT2D eigenvalue weighted by molar-refractivity contribution is -0.110. The van der Waals surface area contributed by atoms with Crippen LogP contribution in [-0.2, 0) is 4.79 Å². The molecule has 1 aliphatic heterocycles. The van der Waals surface area contributed by atoms with Crippen molar-refractivity contribution in [1.29, 1.82) is 5.41 Å². The van der Waals surface area contributed by atoms with Gasteiger partial charge in [-0.2, -0.15) is 0 Å². The summed E-state index contributed by atoms with van der Waals surface area (Å²) in [6, 6.07) is 4.88. The van der Waals surface area contributed by atoms with Crippen LogP contribution in [0.15, 0.2) is 41.1 Å². The van der Waals surface area contributed by atoms with Crippen LogP contribution in [0.2, 0.25) is 0 Å². The van der Waals surface area contributed by atoms with Gasteiger partial charge >= 0.3 is 0 Å². The standard InChI is InChI=1S/C15H16ClN3O2/c1-19-8-9(3-6-13(19)16)15(20)14(18)11-5-4-10(21-2)7-12(11)17/h3-7,18H,8,17H2,1-2H3. The number of benzene rings is 1. The molecule has 0 aliphatic carbocycles. The summed E-state index contributed by atoms with van der Waals surface area (Å²) in [5.74, 6) is 0.224. The maximum absolute atomic E-state index is 12.4. The van der Waals surface area contributed by atoms with E-state index >= 15 is 0 Å². The average Bonchev–Trinajstić information content (AvgIpc) is 2.48. The molecule has 0 radical (unpaired) electrons. The Morgan fingerprint density at radius 3 is 2.71 bits per heavy atom. The molecule has 1 heterocycles. The van der Waals surface area contributed by atoms with Crippen molar-refractivity contribution in [2.75, 3.05) is 26.4 Å². The van der Waals surface area contributed by atoms with Crippen LogP contribution in [0.1, 0.15) is 5.56 Å². The van der Waals surface area contributed by atoms with Crippen LogP contribution in [0.4, 0.5) is 5.69 Å². The minimum Gasteiger partial charge on any atom is -0.497 e. The fourth-order valence-electron chi connectivity index (χ4n) is 2.01. The number of carbonyl (C=O) groups is 1. The van der Waals surface area contributed by atoms with Gasteiger partial charge < -0.3 is 15.4 Å². The third kappa shape index (κ3) is 3.08. The molecule has 0 amide bonds. The van der Waals surface area contributed by atoms with E-state index in [-0.39, 0.29) is 11.5 Å². The van der Waals surface area contributed by atoms with E-state index in [1.807, 2.05) is 0 Å². The van der Waals surface area contributed by atoms with Crippen molar-refractivity contribution in [2.45, 2.75) is 0 Å². The lowest BCUT2D eigenvalue weighted by Gasteiger charge is -2.22. The first-order valence-corrected chi connectivity index (χ1v) is 6.66. The summed E-state index contributed by atoms with van der Waals surface area (Å²) < 4.78 is 5.06. The number of hydrogen-bond donors (Lipinski definition) is 2. The van der Waals surface area contributed by atoms with Crippen LogP contribution >= 0.6 is 11.6 Å². The van der Waals surface area contributed by atoms with Crippen molar-refractivity contribution in [2.24, 2.45) is 0 Å². The molecule has 5 nitrogen and oxygen atoms in total. The number of Topliss-reactive ketones (excluding diaryl/α,β-unsaturated/α-hetero) is 1. The second kappa shape index (κ2) is 6.01. The van der Waals surface area contributed by atoms with Crippen molar-refractivity contribution < 1.29 is 9.53 Å². The van der Waals surface area contributed by atoms with Crippen molar-refractivity contribution in [1.82, 2.24) is 4.90 Å². The number of nitrogen functional groups attached to an aromatic ring is 1. The number of anilines is 1. The Labute approximate surface area is 128 Å². The lowest BCUT2D eigenvalue weighted by Crippen LogP contribution is -2.28. The zero-order valence-electron chi connectivity index (χ0n) is 11.8. The molecular formula is C15H16ClN3O2. The number of nitrogens with zero attached hydrogens (tertiary/aromatic N) is 1. The Morgan fingerprint density at radius 1 is 1.43 bits per heavy atom. The molecular weight excluding hydrogens is 290 g/mol. The fraction of sp³-hybridized carbons (Fsp3) is 0.200. The summed E-state index contributed by atoms with van der Waals surface area (Å²) in [7, 11) is 3.31. The van der Waals surface area contributed by atoms with Crippen LogP contribution in [0.25, 0.3) is 0 Å². The lowest BCUT2D eigenvalue weighted by atomic mass is 9.98. The molecule has 1 aromatic rings. The smallest absolute Gasteiger partial charge is 0.209 e. The normalized spacial score (nSPS) is 14.3. The maximum Gasteiger partial charge on any atom is 0.209 e. The minimum atomic E-state index is -0.362. The minimum absolute atomic E-state index is 0.138. The Bertz CT molecular complexity index is 665. The molecule has 0 bridgehead atoms. The molecule has 0 fully saturated rings.